The second-order valence-corrected chi connectivity index (χ2v) is 12.6. The van der Waals surface area contributed by atoms with Crippen LogP contribution in [0.25, 0.3) is 0 Å². The van der Waals surface area contributed by atoms with E-state index in [1.54, 1.807) is 14.2 Å². The van der Waals surface area contributed by atoms with Crippen molar-refractivity contribution in [1.29, 1.82) is 0 Å². The molecule has 0 radical (unpaired) electrons. The lowest BCUT2D eigenvalue weighted by atomic mass is 9.97. The van der Waals surface area contributed by atoms with Crippen molar-refractivity contribution >= 4 is 11.8 Å². The molecule has 2 amide bonds. The van der Waals surface area contributed by atoms with E-state index in [2.05, 4.69) is 27.7 Å². The fraction of sp³-hybridized carbons (Fsp3) is 0.474. The Balaban J connectivity index is 1.20. The predicted octanol–water partition coefficient (Wildman–Crippen LogP) is 5.11. The molecule has 0 aliphatic carbocycles. The summed E-state index contributed by atoms with van der Waals surface area (Å²) in [6.07, 6.45) is 3.87. The second kappa shape index (κ2) is 17.4. The van der Waals surface area contributed by atoms with Gasteiger partial charge in [-0.2, -0.15) is 0 Å². The monoisotopic (exact) mass is 659 g/mol. The molecule has 3 atom stereocenters. The maximum Gasteiger partial charge on any atom is 0.220 e. The van der Waals surface area contributed by atoms with Crippen LogP contribution < -0.4 is 20.1 Å². The standard InChI is InChI=1S/C38H49N3O7/c1-26(43)39-17-6-4-5-7-37(44)40-22-27-8-14-30(15-9-27)38-47-33(21-34(48-38)29-12-10-28(25-42)11-13-29)24-41-18-16-31-19-35(45-2)36(46-3)20-32(31)23-41/h8-15,19-20,33-34,38,42H,4-7,16-18,21-25H2,1-3H3,(H,39,43)(H,40,44). The Morgan fingerprint density at radius 1 is 0.875 bits per heavy atom. The topological polar surface area (TPSA) is 119 Å². The number of ether oxygens (including phenoxy) is 4. The number of unbranched alkanes of at least 4 members (excludes halogenated alkanes) is 2. The molecule has 1 fully saturated rings. The molecule has 3 unspecified atom stereocenters. The van der Waals surface area contributed by atoms with Crippen LogP contribution in [0.3, 0.4) is 0 Å². The Hall–Kier alpha value is -3.96. The van der Waals surface area contributed by atoms with E-state index in [4.69, 9.17) is 18.9 Å². The van der Waals surface area contributed by atoms with Gasteiger partial charge in [-0.1, -0.05) is 55.0 Å². The molecule has 48 heavy (non-hydrogen) atoms. The summed E-state index contributed by atoms with van der Waals surface area (Å²) in [5.74, 6) is 1.50. The van der Waals surface area contributed by atoms with Gasteiger partial charge < -0.3 is 34.7 Å². The summed E-state index contributed by atoms with van der Waals surface area (Å²) in [6, 6.07) is 20.2. The third-order valence-electron chi connectivity index (χ3n) is 9.07. The highest BCUT2D eigenvalue weighted by atomic mass is 16.7. The lowest BCUT2D eigenvalue weighted by Crippen LogP contribution is -2.41. The van der Waals surface area contributed by atoms with Gasteiger partial charge in [0.15, 0.2) is 17.8 Å². The summed E-state index contributed by atoms with van der Waals surface area (Å²) in [5.41, 5.74) is 6.37. The van der Waals surface area contributed by atoms with Gasteiger partial charge in [0.05, 0.1) is 33.0 Å². The molecule has 0 spiro atoms. The molecule has 2 aliphatic rings. The minimum atomic E-state index is -0.547. The summed E-state index contributed by atoms with van der Waals surface area (Å²) in [7, 11) is 3.33. The maximum absolute atomic E-state index is 12.4. The zero-order valence-corrected chi connectivity index (χ0v) is 28.3. The largest absolute Gasteiger partial charge is 0.493 e. The number of nitrogens with one attached hydrogen (secondary N) is 2. The Kier molecular flexibility index (Phi) is 12.8. The number of methoxy groups -OCH3 is 2. The van der Waals surface area contributed by atoms with Gasteiger partial charge in [0.2, 0.25) is 11.8 Å². The van der Waals surface area contributed by atoms with Gasteiger partial charge >= 0.3 is 0 Å². The number of hydrogen-bond donors (Lipinski definition) is 3. The van der Waals surface area contributed by atoms with Gasteiger partial charge in [0.25, 0.3) is 0 Å². The van der Waals surface area contributed by atoms with Gasteiger partial charge in [-0.25, -0.2) is 0 Å². The van der Waals surface area contributed by atoms with Gasteiger partial charge in [-0.15, -0.1) is 0 Å². The van der Waals surface area contributed by atoms with E-state index in [1.165, 1.54) is 18.1 Å². The van der Waals surface area contributed by atoms with Gasteiger partial charge in [0.1, 0.15) is 0 Å². The first-order valence-electron chi connectivity index (χ1n) is 16.9. The van der Waals surface area contributed by atoms with E-state index in [1.807, 2.05) is 48.5 Å². The summed E-state index contributed by atoms with van der Waals surface area (Å²) in [6.45, 7) is 5.08. The van der Waals surface area contributed by atoms with Crippen LogP contribution in [0.2, 0.25) is 0 Å². The highest BCUT2D eigenvalue weighted by Crippen LogP contribution is 2.39. The molecule has 1 saturated heterocycles. The lowest BCUT2D eigenvalue weighted by Gasteiger charge is -2.39. The summed E-state index contributed by atoms with van der Waals surface area (Å²) in [4.78, 5) is 25.8. The molecular formula is C38H49N3O7. The number of benzene rings is 3. The van der Waals surface area contributed by atoms with Crippen molar-refractivity contribution in [3.8, 4) is 11.5 Å². The van der Waals surface area contributed by atoms with E-state index in [9.17, 15) is 14.7 Å². The van der Waals surface area contributed by atoms with Crippen molar-refractivity contribution in [2.75, 3.05) is 33.9 Å². The van der Waals surface area contributed by atoms with Crippen LogP contribution in [-0.2, 0) is 45.2 Å². The molecular weight excluding hydrogens is 610 g/mol. The fourth-order valence-electron chi connectivity index (χ4n) is 6.35. The van der Waals surface area contributed by atoms with Crippen LogP contribution in [0.4, 0.5) is 0 Å². The summed E-state index contributed by atoms with van der Waals surface area (Å²) in [5, 5.41) is 15.3. The van der Waals surface area contributed by atoms with E-state index in [0.717, 1.165) is 79.1 Å². The average Bonchev–Trinajstić information content (AvgIpc) is 3.11. The first-order chi connectivity index (χ1) is 23.3. The number of aliphatic hydroxyl groups is 1. The fourth-order valence-corrected chi connectivity index (χ4v) is 6.35. The molecule has 3 aromatic carbocycles. The lowest BCUT2D eigenvalue weighted by molar-refractivity contribution is -0.253. The van der Waals surface area contributed by atoms with Crippen LogP contribution in [0.1, 0.15) is 84.8 Å². The number of amides is 2. The first kappa shape index (κ1) is 35.3. The van der Waals surface area contributed by atoms with Crippen LogP contribution in [0.5, 0.6) is 11.5 Å². The van der Waals surface area contributed by atoms with Crippen LogP contribution in [0, 0.1) is 0 Å². The van der Waals surface area contributed by atoms with Crippen molar-refractivity contribution < 1.29 is 33.6 Å². The van der Waals surface area contributed by atoms with Crippen molar-refractivity contribution in [3.05, 3.63) is 94.0 Å². The summed E-state index contributed by atoms with van der Waals surface area (Å²) < 4.78 is 24.3. The predicted molar refractivity (Wildman–Crippen MR) is 182 cm³/mol. The number of nitrogens with zero attached hydrogens (tertiary/aromatic N) is 1. The molecule has 0 aromatic heterocycles. The Morgan fingerprint density at radius 3 is 2.25 bits per heavy atom. The highest BCUT2D eigenvalue weighted by molar-refractivity contribution is 5.75. The zero-order valence-electron chi connectivity index (χ0n) is 28.3. The molecule has 0 bridgehead atoms. The molecule has 10 nitrogen and oxygen atoms in total. The Bertz CT molecular complexity index is 1500. The normalized spacial score (nSPS) is 19.3. The van der Waals surface area contributed by atoms with Crippen molar-refractivity contribution in [2.24, 2.45) is 0 Å². The number of fused-ring (bicyclic) bond motifs is 1. The third kappa shape index (κ3) is 9.79. The van der Waals surface area contributed by atoms with Crippen molar-refractivity contribution in [1.82, 2.24) is 15.5 Å². The molecule has 10 heteroatoms. The van der Waals surface area contributed by atoms with E-state index < -0.39 is 6.29 Å². The van der Waals surface area contributed by atoms with Crippen LogP contribution in [-0.4, -0.2) is 61.8 Å². The van der Waals surface area contributed by atoms with Gasteiger partial charge in [-0.05, 0) is 59.2 Å². The van der Waals surface area contributed by atoms with E-state index in [-0.39, 0.29) is 30.6 Å². The van der Waals surface area contributed by atoms with E-state index >= 15 is 0 Å². The number of rotatable bonds is 15. The number of aliphatic hydroxyl groups excluding tert-OH is 1. The smallest absolute Gasteiger partial charge is 0.220 e. The second-order valence-electron chi connectivity index (χ2n) is 12.6. The highest BCUT2D eigenvalue weighted by Gasteiger charge is 2.34. The Morgan fingerprint density at radius 2 is 1.56 bits per heavy atom. The summed E-state index contributed by atoms with van der Waals surface area (Å²) >= 11 is 0. The maximum atomic E-state index is 12.4. The number of carbonyl (C=O) groups excluding carboxylic acids is 2. The molecule has 2 aliphatic heterocycles. The van der Waals surface area contributed by atoms with Crippen LogP contribution >= 0.6 is 0 Å². The minimum absolute atomic E-state index is 0.00000379. The molecule has 5 rings (SSSR count). The quantitative estimate of drug-likeness (QED) is 0.193. The van der Waals surface area contributed by atoms with Gasteiger partial charge in [-0.3, -0.25) is 14.5 Å². The molecule has 3 N–H and O–H groups in total. The molecule has 2 heterocycles. The number of carbonyl (C=O) groups is 2. The minimum Gasteiger partial charge on any atom is -0.493 e. The molecule has 0 saturated carbocycles. The van der Waals surface area contributed by atoms with E-state index in [0.29, 0.717) is 25.9 Å². The first-order valence-corrected chi connectivity index (χ1v) is 16.9. The molecule has 3 aromatic rings. The zero-order chi connectivity index (χ0) is 33.9. The third-order valence-corrected chi connectivity index (χ3v) is 9.07. The van der Waals surface area contributed by atoms with Crippen molar-refractivity contribution in [3.63, 3.8) is 0 Å². The number of hydrogen-bond acceptors (Lipinski definition) is 8. The van der Waals surface area contributed by atoms with Crippen molar-refractivity contribution in [2.45, 2.75) is 83.6 Å². The average molecular weight is 660 g/mol. The molecule has 258 valence electrons. The SMILES string of the molecule is COc1cc2c(cc1OC)CN(CC1CC(c3ccc(CO)cc3)OC(c3ccc(CNC(=O)CCCCCNC(C)=O)cc3)O1)CC2. The Labute approximate surface area is 283 Å². The van der Waals surface area contributed by atoms with Gasteiger partial charge in [0, 0.05) is 58.1 Å². The van der Waals surface area contributed by atoms with Crippen LogP contribution in [0.15, 0.2) is 60.7 Å².